The highest BCUT2D eigenvalue weighted by Crippen LogP contribution is 1.99. The molecular formula is C11H22N2O4. The molecule has 0 heterocycles. The summed E-state index contributed by atoms with van der Waals surface area (Å²) >= 11 is 0. The van der Waals surface area contributed by atoms with Crippen molar-refractivity contribution >= 4 is 12.0 Å². The summed E-state index contributed by atoms with van der Waals surface area (Å²) in [5, 5.41) is 19.9. The molecule has 0 aliphatic carbocycles. The van der Waals surface area contributed by atoms with Crippen LogP contribution < -0.4 is 5.32 Å². The molecule has 0 atom stereocenters. The molecule has 0 aromatic heterocycles. The third-order valence-electron chi connectivity index (χ3n) is 2.38. The van der Waals surface area contributed by atoms with Crippen molar-refractivity contribution in [3.8, 4) is 0 Å². The summed E-state index contributed by atoms with van der Waals surface area (Å²) in [7, 11) is 0. The Labute approximate surface area is 102 Å². The number of aliphatic carboxylic acids is 1. The fourth-order valence-corrected chi connectivity index (χ4v) is 1.41. The van der Waals surface area contributed by atoms with Crippen molar-refractivity contribution in [1.29, 1.82) is 0 Å². The van der Waals surface area contributed by atoms with Crippen LogP contribution in [-0.4, -0.2) is 53.4 Å². The maximum atomic E-state index is 11.5. The topological polar surface area (TPSA) is 89.9 Å². The van der Waals surface area contributed by atoms with Gasteiger partial charge in [-0.2, -0.15) is 0 Å². The Morgan fingerprint density at radius 1 is 1.24 bits per heavy atom. The number of nitrogens with zero attached hydrogens (tertiary/aromatic N) is 1. The Balaban J connectivity index is 3.52. The Morgan fingerprint density at radius 3 is 2.47 bits per heavy atom. The average molecular weight is 246 g/mol. The van der Waals surface area contributed by atoms with E-state index in [2.05, 4.69) is 5.32 Å². The Hall–Kier alpha value is -1.30. The smallest absolute Gasteiger partial charge is 0.317 e. The van der Waals surface area contributed by atoms with Crippen LogP contribution in [0.25, 0.3) is 0 Å². The van der Waals surface area contributed by atoms with E-state index >= 15 is 0 Å². The molecule has 2 amide bonds. The van der Waals surface area contributed by atoms with Crippen molar-refractivity contribution in [2.45, 2.75) is 32.6 Å². The van der Waals surface area contributed by atoms with E-state index in [4.69, 9.17) is 10.2 Å². The minimum atomic E-state index is -0.783. The third kappa shape index (κ3) is 8.50. The normalized spacial score (nSPS) is 10.0. The molecule has 0 aliphatic rings. The molecule has 0 bridgehead atoms. The van der Waals surface area contributed by atoms with Gasteiger partial charge in [-0.15, -0.1) is 0 Å². The van der Waals surface area contributed by atoms with Crippen LogP contribution in [0.2, 0.25) is 0 Å². The number of rotatable bonds is 9. The zero-order valence-corrected chi connectivity index (χ0v) is 10.3. The average Bonchev–Trinajstić information content (AvgIpc) is 2.29. The number of amides is 2. The van der Waals surface area contributed by atoms with E-state index in [0.29, 0.717) is 26.1 Å². The van der Waals surface area contributed by atoms with E-state index in [1.54, 1.807) is 0 Å². The molecule has 3 N–H and O–H groups in total. The summed E-state index contributed by atoms with van der Waals surface area (Å²) in [6.07, 6.45) is 2.38. The van der Waals surface area contributed by atoms with Gasteiger partial charge >= 0.3 is 12.0 Å². The lowest BCUT2D eigenvalue weighted by atomic mass is 10.2. The molecule has 0 radical (unpaired) electrons. The van der Waals surface area contributed by atoms with Crippen LogP contribution in [0.4, 0.5) is 4.79 Å². The highest BCUT2D eigenvalue weighted by Gasteiger charge is 2.09. The SMILES string of the molecule is CCN(CCO)C(=O)NCCCCCC(=O)O. The number of unbranched alkanes of at least 4 members (excludes halogenated alkanes) is 2. The molecule has 6 nitrogen and oxygen atoms in total. The number of hydrogen-bond acceptors (Lipinski definition) is 3. The summed E-state index contributed by atoms with van der Waals surface area (Å²) < 4.78 is 0. The number of hydrogen-bond donors (Lipinski definition) is 3. The van der Waals surface area contributed by atoms with Crippen molar-refractivity contribution in [3.63, 3.8) is 0 Å². The van der Waals surface area contributed by atoms with E-state index in [9.17, 15) is 9.59 Å². The minimum absolute atomic E-state index is 0.0418. The zero-order chi connectivity index (χ0) is 13.1. The van der Waals surface area contributed by atoms with Gasteiger partial charge in [-0.3, -0.25) is 4.79 Å². The van der Waals surface area contributed by atoms with E-state index in [-0.39, 0.29) is 19.1 Å². The second kappa shape index (κ2) is 9.89. The number of carbonyl (C=O) groups is 2. The van der Waals surface area contributed by atoms with Gasteiger partial charge in [0, 0.05) is 26.1 Å². The summed E-state index contributed by atoms with van der Waals surface area (Å²) in [4.78, 5) is 23.3. The Kier molecular flexibility index (Phi) is 9.14. The number of aliphatic hydroxyl groups is 1. The fraction of sp³-hybridized carbons (Fsp3) is 0.818. The zero-order valence-electron chi connectivity index (χ0n) is 10.3. The molecule has 0 aromatic carbocycles. The van der Waals surface area contributed by atoms with Gasteiger partial charge in [0.1, 0.15) is 0 Å². The van der Waals surface area contributed by atoms with Gasteiger partial charge in [-0.1, -0.05) is 6.42 Å². The fourth-order valence-electron chi connectivity index (χ4n) is 1.41. The van der Waals surface area contributed by atoms with Gasteiger partial charge in [-0.25, -0.2) is 4.79 Å². The number of urea groups is 1. The highest BCUT2D eigenvalue weighted by molar-refractivity contribution is 5.74. The first-order chi connectivity index (χ1) is 8.11. The van der Waals surface area contributed by atoms with E-state index in [1.165, 1.54) is 4.90 Å². The molecule has 0 aromatic rings. The van der Waals surface area contributed by atoms with Crippen LogP contribution in [0, 0.1) is 0 Å². The molecule has 0 saturated heterocycles. The maximum absolute atomic E-state index is 11.5. The lowest BCUT2D eigenvalue weighted by Gasteiger charge is -2.20. The number of nitrogens with one attached hydrogen (secondary N) is 1. The first kappa shape index (κ1) is 15.7. The van der Waals surface area contributed by atoms with Crippen molar-refractivity contribution in [3.05, 3.63) is 0 Å². The molecule has 6 heteroatoms. The summed E-state index contributed by atoms with van der Waals surface area (Å²) in [6.45, 7) is 3.25. The molecular weight excluding hydrogens is 224 g/mol. The van der Waals surface area contributed by atoms with Crippen molar-refractivity contribution in [2.24, 2.45) is 0 Å². The number of aliphatic hydroxyl groups excluding tert-OH is 1. The second-order valence-corrected chi connectivity index (χ2v) is 3.74. The van der Waals surface area contributed by atoms with Gasteiger partial charge in [0.25, 0.3) is 0 Å². The Morgan fingerprint density at radius 2 is 1.94 bits per heavy atom. The standard InChI is InChI=1S/C11H22N2O4/c1-2-13(8-9-14)11(17)12-7-5-3-4-6-10(15)16/h14H,2-9H2,1H3,(H,12,17)(H,15,16). The predicted octanol–water partition coefficient (Wildman–Crippen LogP) is 0.655. The maximum Gasteiger partial charge on any atom is 0.317 e. The Bertz CT molecular complexity index is 234. The minimum Gasteiger partial charge on any atom is -0.481 e. The first-order valence-electron chi connectivity index (χ1n) is 5.97. The predicted molar refractivity (Wildman–Crippen MR) is 63.8 cm³/mol. The van der Waals surface area contributed by atoms with Crippen molar-refractivity contribution in [2.75, 3.05) is 26.2 Å². The number of carboxylic acid groups (broad SMARTS) is 1. The molecule has 0 unspecified atom stereocenters. The largest absolute Gasteiger partial charge is 0.481 e. The molecule has 0 spiro atoms. The monoisotopic (exact) mass is 246 g/mol. The second-order valence-electron chi connectivity index (χ2n) is 3.74. The van der Waals surface area contributed by atoms with Gasteiger partial charge in [0.05, 0.1) is 6.61 Å². The molecule has 0 rings (SSSR count). The van der Waals surface area contributed by atoms with Gasteiger partial charge in [0.15, 0.2) is 0 Å². The summed E-state index contributed by atoms with van der Waals surface area (Å²) in [5.41, 5.74) is 0. The van der Waals surface area contributed by atoms with Crippen molar-refractivity contribution < 1.29 is 19.8 Å². The molecule has 100 valence electrons. The molecule has 0 fully saturated rings. The van der Waals surface area contributed by atoms with Gasteiger partial charge < -0.3 is 20.4 Å². The molecule has 0 saturated carbocycles. The van der Waals surface area contributed by atoms with Crippen LogP contribution in [0.1, 0.15) is 32.6 Å². The lowest BCUT2D eigenvalue weighted by molar-refractivity contribution is -0.137. The third-order valence-corrected chi connectivity index (χ3v) is 2.38. The van der Waals surface area contributed by atoms with E-state index < -0.39 is 5.97 Å². The number of likely N-dealkylation sites (N-methyl/N-ethyl adjacent to an activating group) is 1. The number of carbonyl (C=O) groups excluding carboxylic acids is 1. The van der Waals surface area contributed by atoms with Gasteiger partial charge in [0.2, 0.25) is 0 Å². The quantitative estimate of drug-likeness (QED) is 0.521. The van der Waals surface area contributed by atoms with E-state index in [1.807, 2.05) is 6.92 Å². The first-order valence-corrected chi connectivity index (χ1v) is 5.97. The van der Waals surface area contributed by atoms with Crippen LogP contribution in [-0.2, 0) is 4.79 Å². The summed E-state index contributed by atoms with van der Waals surface area (Å²) in [6, 6.07) is -0.181. The van der Waals surface area contributed by atoms with Crippen molar-refractivity contribution in [1.82, 2.24) is 10.2 Å². The van der Waals surface area contributed by atoms with Crippen LogP contribution >= 0.6 is 0 Å². The highest BCUT2D eigenvalue weighted by atomic mass is 16.4. The molecule has 17 heavy (non-hydrogen) atoms. The van der Waals surface area contributed by atoms with Crippen LogP contribution in [0.3, 0.4) is 0 Å². The summed E-state index contributed by atoms with van der Waals surface area (Å²) in [5.74, 6) is -0.783. The van der Waals surface area contributed by atoms with Crippen LogP contribution in [0.15, 0.2) is 0 Å². The molecule has 0 aliphatic heterocycles. The van der Waals surface area contributed by atoms with Crippen LogP contribution in [0.5, 0.6) is 0 Å². The van der Waals surface area contributed by atoms with Gasteiger partial charge in [-0.05, 0) is 19.8 Å². The van der Waals surface area contributed by atoms with E-state index in [0.717, 1.165) is 12.8 Å². The number of carboxylic acids is 1. The lowest BCUT2D eigenvalue weighted by Crippen LogP contribution is -2.41.